The van der Waals surface area contributed by atoms with Crippen molar-refractivity contribution in [1.82, 2.24) is 4.90 Å². The Morgan fingerprint density at radius 1 is 1.25 bits per heavy atom. The maximum absolute atomic E-state index is 12.4. The fourth-order valence-corrected chi connectivity index (χ4v) is 4.15. The predicted octanol–water partition coefficient (Wildman–Crippen LogP) is 4.47. The number of hydrogen-bond acceptors (Lipinski definition) is 3. The van der Waals surface area contributed by atoms with E-state index in [0.717, 1.165) is 29.2 Å². The van der Waals surface area contributed by atoms with Crippen molar-refractivity contribution < 1.29 is 9.53 Å². The molecule has 0 unspecified atom stereocenters. The Kier molecular flexibility index (Phi) is 5.69. The summed E-state index contributed by atoms with van der Waals surface area (Å²) in [6.45, 7) is 2.95. The maximum Gasteiger partial charge on any atom is 0.241 e. The molecule has 0 bridgehead atoms. The second kappa shape index (κ2) is 7.95. The molecule has 3 nitrogen and oxygen atoms in total. The van der Waals surface area contributed by atoms with Gasteiger partial charge in [0.15, 0.2) is 0 Å². The van der Waals surface area contributed by atoms with E-state index < -0.39 is 5.38 Å². The molecule has 0 aromatic heterocycles. The van der Waals surface area contributed by atoms with E-state index in [1.165, 1.54) is 0 Å². The number of ether oxygens (including phenoxy) is 1. The number of carbonyl (C=O) groups excluding carboxylic acids is 1. The first-order valence-corrected chi connectivity index (χ1v) is 9.47. The molecule has 3 rings (SSSR count). The zero-order chi connectivity index (χ0) is 16.9. The molecule has 2 aromatic rings. The van der Waals surface area contributed by atoms with Crippen LogP contribution in [0.2, 0.25) is 0 Å². The quantitative estimate of drug-likeness (QED) is 0.736. The van der Waals surface area contributed by atoms with Crippen LogP contribution in [-0.4, -0.2) is 28.5 Å². The lowest BCUT2D eigenvalue weighted by atomic mass is 10.1. The summed E-state index contributed by atoms with van der Waals surface area (Å²) >= 11 is 7.76. The van der Waals surface area contributed by atoms with Gasteiger partial charge in [0.2, 0.25) is 5.91 Å². The van der Waals surface area contributed by atoms with E-state index in [1.807, 2.05) is 59.5 Å². The summed E-state index contributed by atoms with van der Waals surface area (Å²) in [5.41, 5.74) is 2.15. The van der Waals surface area contributed by atoms with Gasteiger partial charge < -0.3 is 9.64 Å². The molecular formula is C19H20ClNO2S. The van der Waals surface area contributed by atoms with Gasteiger partial charge in [-0.3, -0.25) is 4.79 Å². The van der Waals surface area contributed by atoms with Gasteiger partial charge >= 0.3 is 0 Å². The zero-order valence-corrected chi connectivity index (χ0v) is 15.1. The average molecular weight is 362 g/mol. The third kappa shape index (κ3) is 3.87. The molecule has 1 heterocycles. The third-order valence-corrected chi connectivity index (χ3v) is 5.37. The molecular weight excluding hydrogens is 342 g/mol. The van der Waals surface area contributed by atoms with E-state index >= 15 is 0 Å². The minimum Gasteiger partial charge on any atom is -0.489 e. The lowest BCUT2D eigenvalue weighted by Crippen LogP contribution is -2.35. The fraction of sp³-hybridized carbons (Fsp3) is 0.316. The summed E-state index contributed by atoms with van der Waals surface area (Å²) in [6.07, 6.45) is 0. The summed E-state index contributed by atoms with van der Waals surface area (Å²) in [5, 5.41) is -0.547. The predicted molar refractivity (Wildman–Crippen MR) is 99.4 cm³/mol. The van der Waals surface area contributed by atoms with E-state index in [-0.39, 0.29) is 11.3 Å². The summed E-state index contributed by atoms with van der Waals surface area (Å²) in [4.78, 5) is 14.2. The fourth-order valence-electron chi connectivity index (χ4n) is 2.73. The Hall–Kier alpha value is -1.65. The van der Waals surface area contributed by atoms with Gasteiger partial charge in [0, 0.05) is 17.9 Å². The number of benzene rings is 2. The average Bonchev–Trinajstić information content (AvgIpc) is 3.09. The first kappa shape index (κ1) is 17.2. The van der Waals surface area contributed by atoms with Gasteiger partial charge in [-0.15, -0.1) is 23.4 Å². The SMILES string of the molecule is C[C@H](Cl)C(=O)N1CCS[C@H]1c1ccccc1OCc1ccccc1. The Morgan fingerprint density at radius 3 is 2.71 bits per heavy atom. The molecule has 0 spiro atoms. The molecule has 126 valence electrons. The van der Waals surface area contributed by atoms with Crippen LogP contribution in [0.25, 0.3) is 0 Å². The summed E-state index contributed by atoms with van der Waals surface area (Å²) < 4.78 is 6.04. The minimum absolute atomic E-state index is 0.0236. The normalized spacial score (nSPS) is 18.4. The second-order valence-electron chi connectivity index (χ2n) is 5.68. The molecule has 2 atom stereocenters. The first-order chi connectivity index (χ1) is 11.7. The van der Waals surface area contributed by atoms with Crippen LogP contribution >= 0.6 is 23.4 Å². The lowest BCUT2D eigenvalue weighted by Gasteiger charge is -2.26. The van der Waals surface area contributed by atoms with Crippen LogP contribution in [0.4, 0.5) is 0 Å². The van der Waals surface area contributed by atoms with Crippen molar-refractivity contribution in [3.63, 3.8) is 0 Å². The number of rotatable bonds is 5. The number of halogens is 1. The maximum atomic E-state index is 12.4. The number of hydrogen-bond donors (Lipinski definition) is 0. The monoisotopic (exact) mass is 361 g/mol. The number of alkyl halides is 1. The molecule has 1 amide bonds. The summed E-state index contributed by atoms with van der Waals surface area (Å²) in [7, 11) is 0. The minimum atomic E-state index is -0.511. The molecule has 2 aromatic carbocycles. The molecule has 1 fully saturated rings. The molecule has 5 heteroatoms. The van der Waals surface area contributed by atoms with Crippen molar-refractivity contribution >= 4 is 29.3 Å². The third-order valence-electron chi connectivity index (χ3n) is 3.94. The van der Waals surface area contributed by atoms with Crippen molar-refractivity contribution in [1.29, 1.82) is 0 Å². The first-order valence-electron chi connectivity index (χ1n) is 7.98. The number of para-hydroxylation sites is 1. The van der Waals surface area contributed by atoms with Crippen LogP contribution in [0, 0.1) is 0 Å². The second-order valence-corrected chi connectivity index (χ2v) is 7.53. The van der Waals surface area contributed by atoms with Crippen LogP contribution in [-0.2, 0) is 11.4 Å². The Bertz CT molecular complexity index is 693. The molecule has 24 heavy (non-hydrogen) atoms. The van der Waals surface area contributed by atoms with E-state index in [2.05, 4.69) is 0 Å². The number of amides is 1. The van der Waals surface area contributed by atoms with Gasteiger partial charge in [0.1, 0.15) is 23.1 Å². The van der Waals surface area contributed by atoms with E-state index in [4.69, 9.17) is 16.3 Å². The van der Waals surface area contributed by atoms with Gasteiger partial charge in [-0.2, -0.15) is 0 Å². The zero-order valence-electron chi connectivity index (χ0n) is 13.5. The van der Waals surface area contributed by atoms with Gasteiger partial charge in [-0.25, -0.2) is 0 Å². The molecule has 0 N–H and O–H groups in total. The van der Waals surface area contributed by atoms with Crippen LogP contribution in [0.15, 0.2) is 54.6 Å². The van der Waals surface area contributed by atoms with Crippen molar-refractivity contribution in [3.05, 3.63) is 65.7 Å². The molecule has 0 radical (unpaired) electrons. The number of thioether (sulfide) groups is 1. The molecule has 1 aliphatic rings. The van der Waals surface area contributed by atoms with E-state index in [1.54, 1.807) is 18.7 Å². The number of carbonyl (C=O) groups is 1. The highest BCUT2D eigenvalue weighted by Crippen LogP contribution is 2.42. The molecule has 1 saturated heterocycles. The Labute approximate surface area is 151 Å². The van der Waals surface area contributed by atoms with Crippen molar-refractivity contribution in [2.45, 2.75) is 24.3 Å². The Balaban J connectivity index is 1.79. The summed E-state index contributed by atoms with van der Waals surface area (Å²) in [5.74, 6) is 1.71. The van der Waals surface area contributed by atoms with Gasteiger partial charge in [-0.05, 0) is 18.6 Å². The van der Waals surface area contributed by atoms with Crippen LogP contribution < -0.4 is 4.74 Å². The Morgan fingerprint density at radius 2 is 1.96 bits per heavy atom. The van der Waals surface area contributed by atoms with E-state index in [0.29, 0.717) is 6.61 Å². The summed E-state index contributed by atoms with van der Waals surface area (Å²) in [6, 6.07) is 18.0. The van der Waals surface area contributed by atoms with Gasteiger partial charge in [-0.1, -0.05) is 48.5 Å². The van der Waals surface area contributed by atoms with Crippen LogP contribution in [0.5, 0.6) is 5.75 Å². The van der Waals surface area contributed by atoms with Crippen molar-refractivity contribution in [2.24, 2.45) is 0 Å². The van der Waals surface area contributed by atoms with Crippen LogP contribution in [0.1, 0.15) is 23.4 Å². The topological polar surface area (TPSA) is 29.5 Å². The largest absolute Gasteiger partial charge is 0.489 e. The van der Waals surface area contributed by atoms with E-state index in [9.17, 15) is 4.79 Å². The number of nitrogens with zero attached hydrogens (tertiary/aromatic N) is 1. The highest BCUT2D eigenvalue weighted by molar-refractivity contribution is 7.99. The smallest absolute Gasteiger partial charge is 0.241 e. The van der Waals surface area contributed by atoms with Crippen LogP contribution in [0.3, 0.4) is 0 Å². The lowest BCUT2D eigenvalue weighted by molar-refractivity contribution is -0.130. The molecule has 0 aliphatic carbocycles. The highest BCUT2D eigenvalue weighted by Gasteiger charge is 2.34. The highest BCUT2D eigenvalue weighted by atomic mass is 35.5. The molecule has 0 saturated carbocycles. The molecule has 1 aliphatic heterocycles. The van der Waals surface area contributed by atoms with Crippen molar-refractivity contribution in [2.75, 3.05) is 12.3 Å². The van der Waals surface area contributed by atoms with Gasteiger partial charge in [0.25, 0.3) is 0 Å². The standard InChI is InChI=1S/C19H20ClNO2S/c1-14(20)18(22)21-11-12-24-19(21)16-9-5-6-10-17(16)23-13-15-7-3-2-4-8-15/h2-10,14,19H,11-13H2,1H3/t14-,19-/m0/s1. The van der Waals surface area contributed by atoms with Crippen molar-refractivity contribution in [3.8, 4) is 5.75 Å². The van der Waals surface area contributed by atoms with Gasteiger partial charge in [0.05, 0.1) is 0 Å².